The number of rotatable bonds is 2. The molecule has 1 N–H and O–H groups in total. The molecule has 2 heterocycles. The Bertz CT molecular complexity index is 425. The molecular weight excluding hydrogens is 266 g/mol. The minimum Gasteiger partial charge on any atom is -0.342 e. The summed E-state index contributed by atoms with van der Waals surface area (Å²) in [4.78, 5) is 29.0. The maximum atomic E-state index is 13.1. The number of piperazine rings is 1. The van der Waals surface area contributed by atoms with Crippen LogP contribution < -0.4 is 5.32 Å². The van der Waals surface area contributed by atoms with Crippen molar-refractivity contribution in [2.75, 3.05) is 33.2 Å². The highest BCUT2D eigenvalue weighted by molar-refractivity contribution is 5.93. The predicted molar refractivity (Wildman–Crippen MR) is 82.8 cm³/mol. The fourth-order valence-corrected chi connectivity index (χ4v) is 3.56. The van der Waals surface area contributed by atoms with Crippen LogP contribution in [0.3, 0.4) is 0 Å². The Morgan fingerprint density at radius 2 is 2.00 bits per heavy atom. The van der Waals surface area contributed by atoms with Crippen molar-refractivity contribution in [2.45, 2.75) is 46.1 Å². The molecule has 21 heavy (non-hydrogen) atoms. The van der Waals surface area contributed by atoms with Gasteiger partial charge in [-0.15, -0.1) is 0 Å². The molecule has 2 amide bonds. The lowest BCUT2D eigenvalue weighted by Crippen LogP contribution is -2.66. The molecule has 2 saturated heterocycles. The number of piperidine rings is 1. The summed E-state index contributed by atoms with van der Waals surface area (Å²) in [6, 6.07) is 0. The van der Waals surface area contributed by atoms with Crippen LogP contribution in [0.1, 0.15) is 40.5 Å². The number of carbonyl (C=O) groups excluding carboxylic acids is 2. The summed E-state index contributed by atoms with van der Waals surface area (Å²) >= 11 is 0. The van der Waals surface area contributed by atoms with Crippen LogP contribution in [0.25, 0.3) is 0 Å². The van der Waals surface area contributed by atoms with Crippen molar-refractivity contribution >= 4 is 11.8 Å². The van der Waals surface area contributed by atoms with Crippen molar-refractivity contribution in [1.82, 2.24) is 15.1 Å². The second kappa shape index (κ2) is 5.59. The Balaban J connectivity index is 2.19. The molecule has 2 aliphatic heterocycles. The Labute approximate surface area is 128 Å². The monoisotopic (exact) mass is 295 g/mol. The van der Waals surface area contributed by atoms with E-state index in [2.05, 4.69) is 5.32 Å². The third-order valence-electron chi connectivity index (χ3n) is 5.32. The van der Waals surface area contributed by atoms with Gasteiger partial charge in [-0.3, -0.25) is 9.59 Å². The highest BCUT2D eigenvalue weighted by Gasteiger charge is 2.48. The van der Waals surface area contributed by atoms with Crippen molar-refractivity contribution in [3.8, 4) is 0 Å². The van der Waals surface area contributed by atoms with Gasteiger partial charge in [-0.25, -0.2) is 0 Å². The Hall–Kier alpha value is -1.10. The molecule has 0 aromatic rings. The van der Waals surface area contributed by atoms with E-state index in [1.54, 1.807) is 9.80 Å². The summed E-state index contributed by atoms with van der Waals surface area (Å²) in [7, 11) is 1.81. The molecule has 1 atom stereocenters. The molecule has 0 saturated carbocycles. The van der Waals surface area contributed by atoms with E-state index < -0.39 is 11.0 Å². The van der Waals surface area contributed by atoms with E-state index in [-0.39, 0.29) is 11.8 Å². The quantitative estimate of drug-likeness (QED) is 0.830. The Kier molecular flexibility index (Phi) is 4.34. The van der Waals surface area contributed by atoms with Crippen LogP contribution in [-0.2, 0) is 9.59 Å². The van der Waals surface area contributed by atoms with E-state index in [1.165, 1.54) is 0 Å². The van der Waals surface area contributed by atoms with Gasteiger partial charge in [0.05, 0.1) is 0 Å². The second-order valence-corrected chi connectivity index (χ2v) is 7.51. The molecule has 2 rings (SSSR count). The number of nitrogens with zero attached hydrogens (tertiary/aromatic N) is 2. The molecule has 120 valence electrons. The number of likely N-dealkylation sites (N-methyl/N-ethyl adjacent to an activating group) is 1. The zero-order chi connectivity index (χ0) is 15.8. The van der Waals surface area contributed by atoms with Crippen molar-refractivity contribution in [3.05, 3.63) is 0 Å². The lowest BCUT2D eigenvalue weighted by atomic mass is 9.73. The van der Waals surface area contributed by atoms with Crippen molar-refractivity contribution in [1.29, 1.82) is 0 Å². The van der Waals surface area contributed by atoms with Crippen LogP contribution in [-0.4, -0.2) is 60.4 Å². The highest BCUT2D eigenvalue weighted by Crippen LogP contribution is 2.36. The van der Waals surface area contributed by atoms with E-state index in [0.717, 1.165) is 25.9 Å². The largest absolute Gasteiger partial charge is 0.342 e. The van der Waals surface area contributed by atoms with E-state index in [1.807, 2.05) is 34.7 Å². The summed E-state index contributed by atoms with van der Waals surface area (Å²) in [6.45, 7) is 11.0. The summed E-state index contributed by atoms with van der Waals surface area (Å²) in [5, 5.41) is 3.39. The number of amides is 2. The molecule has 1 unspecified atom stereocenters. The molecule has 0 aromatic heterocycles. The molecule has 0 aromatic carbocycles. The van der Waals surface area contributed by atoms with Gasteiger partial charge in [0.15, 0.2) is 0 Å². The van der Waals surface area contributed by atoms with Gasteiger partial charge in [-0.05, 0) is 45.7 Å². The zero-order valence-corrected chi connectivity index (χ0v) is 14.0. The number of hydrogen-bond donors (Lipinski definition) is 1. The summed E-state index contributed by atoms with van der Waals surface area (Å²) in [5.41, 5.74) is -1.18. The van der Waals surface area contributed by atoms with Crippen LogP contribution in [0.4, 0.5) is 0 Å². The third-order valence-corrected chi connectivity index (χ3v) is 5.32. The van der Waals surface area contributed by atoms with Gasteiger partial charge in [0.1, 0.15) is 5.54 Å². The molecule has 0 aliphatic carbocycles. The smallest absolute Gasteiger partial charge is 0.247 e. The second-order valence-electron chi connectivity index (χ2n) is 7.51. The molecule has 2 aliphatic rings. The average Bonchev–Trinajstić information content (AvgIpc) is 2.45. The van der Waals surface area contributed by atoms with Gasteiger partial charge in [0.2, 0.25) is 11.8 Å². The zero-order valence-electron chi connectivity index (χ0n) is 14.0. The first-order valence-corrected chi connectivity index (χ1v) is 7.97. The first kappa shape index (κ1) is 16.3. The van der Waals surface area contributed by atoms with Gasteiger partial charge in [0, 0.05) is 25.6 Å². The van der Waals surface area contributed by atoms with Crippen molar-refractivity contribution in [2.24, 2.45) is 11.3 Å². The lowest BCUT2D eigenvalue weighted by molar-refractivity contribution is -0.164. The normalized spacial score (nSPS) is 26.9. The van der Waals surface area contributed by atoms with E-state index in [0.29, 0.717) is 19.0 Å². The lowest BCUT2D eigenvalue weighted by Gasteiger charge is -2.49. The van der Waals surface area contributed by atoms with E-state index in [9.17, 15) is 9.59 Å². The van der Waals surface area contributed by atoms with E-state index in [4.69, 9.17) is 0 Å². The molecular formula is C16H29N3O2. The predicted octanol–water partition coefficient (Wildman–Crippen LogP) is 1.09. The standard InChI is InChI=1S/C16H29N3O2/c1-15(2,12-7-6-8-17-11-12)13(20)19-10-9-18(5)14(21)16(19,3)4/h12,17H,6-11H2,1-5H3. The van der Waals surface area contributed by atoms with Gasteiger partial charge >= 0.3 is 0 Å². The SMILES string of the molecule is CN1CCN(C(=O)C(C)(C)C2CCCNC2)C(C)(C)C1=O. The van der Waals surface area contributed by atoms with Crippen molar-refractivity contribution < 1.29 is 9.59 Å². The van der Waals surface area contributed by atoms with Crippen LogP contribution in [0, 0.1) is 11.3 Å². The highest BCUT2D eigenvalue weighted by atomic mass is 16.2. The van der Waals surface area contributed by atoms with Crippen LogP contribution >= 0.6 is 0 Å². The van der Waals surface area contributed by atoms with Crippen LogP contribution in [0.15, 0.2) is 0 Å². The Morgan fingerprint density at radius 1 is 1.33 bits per heavy atom. The summed E-state index contributed by atoms with van der Waals surface area (Å²) in [5.74, 6) is 0.478. The maximum absolute atomic E-state index is 13.1. The molecule has 0 spiro atoms. The molecule has 0 radical (unpaired) electrons. The molecule has 5 heteroatoms. The fourth-order valence-electron chi connectivity index (χ4n) is 3.56. The first-order chi connectivity index (χ1) is 9.69. The fraction of sp³-hybridized carbons (Fsp3) is 0.875. The van der Waals surface area contributed by atoms with Crippen LogP contribution in [0.2, 0.25) is 0 Å². The minimum absolute atomic E-state index is 0.0275. The first-order valence-electron chi connectivity index (χ1n) is 7.97. The summed E-state index contributed by atoms with van der Waals surface area (Å²) in [6.07, 6.45) is 2.19. The maximum Gasteiger partial charge on any atom is 0.247 e. The van der Waals surface area contributed by atoms with E-state index >= 15 is 0 Å². The van der Waals surface area contributed by atoms with Gasteiger partial charge in [-0.1, -0.05) is 13.8 Å². The number of hydrogen-bond acceptors (Lipinski definition) is 3. The molecule has 5 nitrogen and oxygen atoms in total. The van der Waals surface area contributed by atoms with Gasteiger partial charge < -0.3 is 15.1 Å². The number of carbonyl (C=O) groups is 2. The molecule has 0 bridgehead atoms. The summed E-state index contributed by atoms with van der Waals surface area (Å²) < 4.78 is 0. The van der Waals surface area contributed by atoms with Crippen LogP contribution in [0.5, 0.6) is 0 Å². The third kappa shape index (κ3) is 2.80. The Morgan fingerprint density at radius 3 is 2.57 bits per heavy atom. The topological polar surface area (TPSA) is 52.6 Å². The van der Waals surface area contributed by atoms with Gasteiger partial charge in [0.25, 0.3) is 0 Å². The van der Waals surface area contributed by atoms with Gasteiger partial charge in [-0.2, -0.15) is 0 Å². The van der Waals surface area contributed by atoms with Crippen molar-refractivity contribution in [3.63, 3.8) is 0 Å². The number of nitrogens with one attached hydrogen (secondary N) is 1. The average molecular weight is 295 g/mol. The minimum atomic E-state index is -0.747. The molecule has 2 fully saturated rings.